The molecule has 1 aromatic rings. The number of nitrogens with one attached hydrogen (secondary N) is 2. The van der Waals surface area contributed by atoms with Crippen molar-refractivity contribution in [3.63, 3.8) is 0 Å². The van der Waals surface area contributed by atoms with Crippen molar-refractivity contribution in [2.75, 3.05) is 20.2 Å². The highest BCUT2D eigenvalue weighted by Gasteiger charge is 2.30. The average molecular weight is 305 g/mol. The van der Waals surface area contributed by atoms with Gasteiger partial charge in [-0.3, -0.25) is 9.59 Å². The molecule has 1 aliphatic heterocycles. The molecule has 0 aromatic heterocycles. The van der Waals surface area contributed by atoms with Crippen molar-refractivity contribution >= 4 is 17.9 Å². The lowest BCUT2D eigenvalue weighted by Gasteiger charge is -2.17. The first kappa shape index (κ1) is 15.8. The topological polar surface area (TPSA) is 87.7 Å². The van der Waals surface area contributed by atoms with Crippen molar-refractivity contribution in [3.05, 3.63) is 35.9 Å². The molecule has 0 aliphatic carbocycles. The van der Waals surface area contributed by atoms with Crippen LogP contribution in [0.3, 0.4) is 0 Å². The van der Waals surface area contributed by atoms with Gasteiger partial charge in [-0.2, -0.15) is 0 Å². The van der Waals surface area contributed by atoms with Crippen LogP contribution in [0.5, 0.6) is 0 Å². The number of amides is 3. The molecule has 0 spiro atoms. The molecule has 0 radical (unpaired) electrons. The van der Waals surface area contributed by atoms with E-state index in [1.54, 1.807) is 4.90 Å². The first-order valence-electron chi connectivity index (χ1n) is 7.01. The Hall–Kier alpha value is -2.57. The van der Waals surface area contributed by atoms with Gasteiger partial charge >= 0.3 is 12.0 Å². The molecule has 1 unspecified atom stereocenters. The molecule has 0 saturated carbocycles. The number of carbonyl (C=O) groups is 3. The molecule has 22 heavy (non-hydrogen) atoms. The van der Waals surface area contributed by atoms with Crippen molar-refractivity contribution in [2.45, 2.75) is 19.0 Å². The van der Waals surface area contributed by atoms with E-state index in [0.29, 0.717) is 13.1 Å². The number of carbonyl (C=O) groups excluding carboxylic acids is 3. The predicted molar refractivity (Wildman–Crippen MR) is 78.8 cm³/mol. The van der Waals surface area contributed by atoms with Crippen LogP contribution < -0.4 is 10.6 Å². The smallest absolute Gasteiger partial charge is 0.325 e. The van der Waals surface area contributed by atoms with Crippen molar-refractivity contribution in [2.24, 2.45) is 0 Å². The molecule has 0 bridgehead atoms. The summed E-state index contributed by atoms with van der Waals surface area (Å²) in [6.07, 6.45) is 0.262. The second kappa shape index (κ2) is 7.44. The molecule has 1 aromatic carbocycles. The average Bonchev–Trinajstić information content (AvgIpc) is 2.85. The van der Waals surface area contributed by atoms with E-state index >= 15 is 0 Å². The van der Waals surface area contributed by atoms with Gasteiger partial charge in [-0.1, -0.05) is 30.3 Å². The van der Waals surface area contributed by atoms with Gasteiger partial charge in [0.25, 0.3) is 0 Å². The normalized spacial score (nSPS) is 17.2. The molecule has 7 heteroatoms. The number of methoxy groups -OCH3 is 1. The second-order valence-electron chi connectivity index (χ2n) is 5.06. The zero-order valence-corrected chi connectivity index (χ0v) is 12.4. The summed E-state index contributed by atoms with van der Waals surface area (Å²) >= 11 is 0. The molecule has 7 nitrogen and oxygen atoms in total. The first-order valence-corrected chi connectivity index (χ1v) is 7.01. The number of esters is 1. The third-order valence-corrected chi connectivity index (χ3v) is 3.39. The molecular formula is C15H19N3O4. The van der Waals surface area contributed by atoms with Crippen LogP contribution in [0, 0.1) is 0 Å². The minimum atomic E-state index is -0.525. The zero-order chi connectivity index (χ0) is 15.9. The van der Waals surface area contributed by atoms with Gasteiger partial charge < -0.3 is 20.3 Å². The number of nitrogens with zero attached hydrogens (tertiary/aromatic N) is 1. The minimum absolute atomic E-state index is 0.00196. The summed E-state index contributed by atoms with van der Waals surface area (Å²) in [5.74, 6) is -0.523. The van der Waals surface area contributed by atoms with Gasteiger partial charge in [0.05, 0.1) is 13.2 Å². The summed E-state index contributed by atoms with van der Waals surface area (Å²) in [5.41, 5.74) is 1.05. The number of likely N-dealkylation sites (tertiary alicyclic amines) is 1. The number of hydrogen-bond donors (Lipinski definition) is 2. The third kappa shape index (κ3) is 4.47. The van der Waals surface area contributed by atoms with Crippen molar-refractivity contribution in [1.82, 2.24) is 15.5 Å². The predicted octanol–water partition coefficient (Wildman–Crippen LogP) is 0.260. The van der Waals surface area contributed by atoms with Crippen molar-refractivity contribution < 1.29 is 19.1 Å². The number of urea groups is 1. The Morgan fingerprint density at radius 2 is 2.05 bits per heavy atom. The minimum Gasteiger partial charge on any atom is -0.468 e. The van der Waals surface area contributed by atoms with Crippen LogP contribution in [0.25, 0.3) is 0 Å². The van der Waals surface area contributed by atoms with E-state index in [4.69, 9.17) is 0 Å². The molecule has 1 atom stereocenters. The van der Waals surface area contributed by atoms with Crippen molar-refractivity contribution in [1.29, 1.82) is 0 Å². The fourth-order valence-electron chi connectivity index (χ4n) is 2.29. The maximum atomic E-state index is 12.0. The van der Waals surface area contributed by atoms with Crippen LogP contribution in [0.2, 0.25) is 0 Å². The molecule has 2 N–H and O–H groups in total. The number of benzene rings is 1. The second-order valence-corrected chi connectivity index (χ2v) is 5.06. The molecule has 2 rings (SSSR count). The van der Waals surface area contributed by atoms with E-state index in [0.717, 1.165) is 5.56 Å². The Balaban J connectivity index is 1.79. The SMILES string of the molecule is COC(=O)CNC(=O)NC1CC(=O)N(Cc2ccccc2)C1. The molecule has 1 heterocycles. The highest BCUT2D eigenvalue weighted by Crippen LogP contribution is 2.14. The Morgan fingerprint density at radius 1 is 1.32 bits per heavy atom. The summed E-state index contributed by atoms with van der Waals surface area (Å²) in [6, 6.07) is 8.94. The van der Waals surface area contributed by atoms with Crippen LogP contribution in [0.4, 0.5) is 4.79 Å². The zero-order valence-electron chi connectivity index (χ0n) is 12.4. The lowest BCUT2D eigenvalue weighted by Crippen LogP contribution is -2.44. The highest BCUT2D eigenvalue weighted by molar-refractivity contribution is 5.83. The quantitative estimate of drug-likeness (QED) is 0.764. The molecule has 1 saturated heterocycles. The maximum absolute atomic E-state index is 12.0. The fraction of sp³-hybridized carbons (Fsp3) is 0.400. The summed E-state index contributed by atoms with van der Waals surface area (Å²) in [7, 11) is 1.25. The Bertz CT molecular complexity index is 547. The molecule has 118 valence electrons. The Morgan fingerprint density at radius 3 is 2.73 bits per heavy atom. The Labute approximate surface area is 128 Å². The summed E-state index contributed by atoms with van der Waals surface area (Å²) in [5, 5.41) is 5.07. The van der Waals surface area contributed by atoms with E-state index in [1.165, 1.54) is 7.11 Å². The van der Waals surface area contributed by atoms with Crippen LogP contribution in [-0.4, -0.2) is 49.0 Å². The number of hydrogen-bond acceptors (Lipinski definition) is 4. The van der Waals surface area contributed by atoms with E-state index < -0.39 is 12.0 Å². The standard InChI is InChI=1S/C15H19N3O4/c1-22-14(20)8-16-15(21)17-12-7-13(19)18(10-12)9-11-5-3-2-4-6-11/h2-6,12H,7-10H2,1H3,(H2,16,17,21). The lowest BCUT2D eigenvalue weighted by molar-refractivity contribution is -0.139. The van der Waals surface area contributed by atoms with Crippen LogP contribution in [0.1, 0.15) is 12.0 Å². The van der Waals surface area contributed by atoms with Gasteiger partial charge in [0.2, 0.25) is 5.91 Å². The monoisotopic (exact) mass is 305 g/mol. The third-order valence-electron chi connectivity index (χ3n) is 3.39. The lowest BCUT2D eigenvalue weighted by atomic mass is 10.2. The summed E-state index contributed by atoms with van der Waals surface area (Å²) < 4.78 is 4.43. The first-order chi connectivity index (χ1) is 10.6. The molecule has 1 fully saturated rings. The van der Waals surface area contributed by atoms with Crippen LogP contribution in [0.15, 0.2) is 30.3 Å². The van der Waals surface area contributed by atoms with Gasteiger partial charge in [-0.15, -0.1) is 0 Å². The molecule has 1 aliphatic rings. The van der Waals surface area contributed by atoms with Crippen molar-refractivity contribution in [3.8, 4) is 0 Å². The summed E-state index contributed by atoms with van der Waals surface area (Å²) in [6.45, 7) is 0.789. The van der Waals surface area contributed by atoms with Gasteiger partial charge in [0, 0.05) is 19.5 Å². The number of ether oxygens (including phenoxy) is 1. The molecular weight excluding hydrogens is 286 g/mol. The van der Waals surface area contributed by atoms with E-state index in [9.17, 15) is 14.4 Å². The van der Waals surface area contributed by atoms with E-state index in [2.05, 4.69) is 15.4 Å². The largest absolute Gasteiger partial charge is 0.468 e. The van der Waals surface area contributed by atoms with Crippen LogP contribution >= 0.6 is 0 Å². The van der Waals surface area contributed by atoms with Gasteiger partial charge in [0.15, 0.2) is 0 Å². The summed E-state index contributed by atoms with van der Waals surface area (Å²) in [4.78, 5) is 36.2. The van der Waals surface area contributed by atoms with Gasteiger partial charge in [-0.05, 0) is 5.56 Å². The number of rotatable bonds is 5. The van der Waals surface area contributed by atoms with Gasteiger partial charge in [-0.25, -0.2) is 4.79 Å². The highest BCUT2D eigenvalue weighted by atomic mass is 16.5. The van der Waals surface area contributed by atoms with E-state index in [1.807, 2.05) is 30.3 Å². The van der Waals surface area contributed by atoms with Gasteiger partial charge in [0.1, 0.15) is 6.54 Å². The molecule has 3 amide bonds. The van der Waals surface area contributed by atoms with E-state index in [-0.39, 0.29) is 24.9 Å². The fourth-order valence-corrected chi connectivity index (χ4v) is 2.29. The maximum Gasteiger partial charge on any atom is 0.325 e. The van der Waals surface area contributed by atoms with Crippen LogP contribution in [-0.2, 0) is 20.9 Å². The Kier molecular flexibility index (Phi) is 5.35.